The Morgan fingerprint density at radius 3 is 2.70 bits per heavy atom. The van der Waals surface area contributed by atoms with Crippen LogP contribution in [-0.2, 0) is 6.54 Å². The van der Waals surface area contributed by atoms with E-state index in [1.807, 2.05) is 23.0 Å². The lowest BCUT2D eigenvalue weighted by Crippen LogP contribution is -2.04. The molecule has 0 bridgehead atoms. The van der Waals surface area contributed by atoms with Gasteiger partial charge in [-0.15, -0.1) is 0 Å². The fourth-order valence-corrected chi connectivity index (χ4v) is 2.43. The van der Waals surface area contributed by atoms with Crippen LogP contribution < -0.4 is 4.74 Å². The molecule has 0 aliphatic rings. The number of benzene rings is 1. The molecular formula is C16H19N3O. The number of aromatic nitrogens is 3. The van der Waals surface area contributed by atoms with Crippen LogP contribution in [0.1, 0.15) is 25.6 Å². The van der Waals surface area contributed by atoms with E-state index in [1.165, 1.54) is 5.52 Å². The third kappa shape index (κ3) is 2.18. The molecule has 0 saturated heterocycles. The summed E-state index contributed by atoms with van der Waals surface area (Å²) in [6.07, 6.45) is 4.12. The van der Waals surface area contributed by atoms with Gasteiger partial charge >= 0.3 is 0 Å². The smallest absolute Gasteiger partial charge is 0.128 e. The molecule has 0 unspecified atom stereocenters. The van der Waals surface area contributed by atoms with Gasteiger partial charge in [-0.1, -0.05) is 6.07 Å². The number of hydrogen-bond donors (Lipinski definition) is 0. The minimum atomic E-state index is 0.394. The summed E-state index contributed by atoms with van der Waals surface area (Å²) in [5.74, 6) is 0.911. The molecule has 20 heavy (non-hydrogen) atoms. The van der Waals surface area contributed by atoms with Gasteiger partial charge in [0.15, 0.2) is 0 Å². The Kier molecular flexibility index (Phi) is 3.22. The molecule has 0 spiro atoms. The highest BCUT2D eigenvalue weighted by Gasteiger charge is 2.08. The number of ether oxygens (including phenoxy) is 1. The lowest BCUT2D eigenvalue weighted by atomic mass is 10.2. The number of fused-ring (bicyclic) bond motifs is 1. The van der Waals surface area contributed by atoms with E-state index in [2.05, 4.69) is 47.9 Å². The van der Waals surface area contributed by atoms with Gasteiger partial charge in [0.05, 0.1) is 24.9 Å². The predicted octanol–water partition coefficient (Wildman–Crippen LogP) is 3.48. The average molecular weight is 269 g/mol. The minimum Gasteiger partial charge on any atom is -0.496 e. The third-order valence-corrected chi connectivity index (χ3v) is 3.52. The van der Waals surface area contributed by atoms with Gasteiger partial charge in [0, 0.05) is 23.8 Å². The van der Waals surface area contributed by atoms with Crippen LogP contribution in [0.3, 0.4) is 0 Å². The fraction of sp³-hybridized carbons (Fsp3) is 0.312. The van der Waals surface area contributed by atoms with Crippen LogP contribution in [0.5, 0.6) is 5.75 Å². The second-order valence-corrected chi connectivity index (χ2v) is 5.22. The first kappa shape index (κ1) is 12.8. The normalized spacial score (nSPS) is 11.4. The van der Waals surface area contributed by atoms with E-state index < -0.39 is 0 Å². The van der Waals surface area contributed by atoms with E-state index in [-0.39, 0.29) is 0 Å². The lowest BCUT2D eigenvalue weighted by molar-refractivity contribution is 0.420. The molecule has 0 N–H and O–H groups in total. The molecule has 0 fully saturated rings. The van der Waals surface area contributed by atoms with Crippen LogP contribution in [0, 0.1) is 0 Å². The molecule has 0 radical (unpaired) electrons. The molecule has 3 rings (SSSR count). The summed E-state index contributed by atoms with van der Waals surface area (Å²) in [6.45, 7) is 5.04. The minimum absolute atomic E-state index is 0.394. The zero-order chi connectivity index (χ0) is 14.1. The van der Waals surface area contributed by atoms with Crippen LogP contribution >= 0.6 is 0 Å². The molecule has 0 aliphatic carbocycles. The van der Waals surface area contributed by atoms with Crippen molar-refractivity contribution in [2.24, 2.45) is 0 Å². The Morgan fingerprint density at radius 2 is 2.00 bits per heavy atom. The summed E-state index contributed by atoms with van der Waals surface area (Å²) < 4.78 is 9.58. The first-order valence-electron chi connectivity index (χ1n) is 6.85. The second kappa shape index (κ2) is 5.04. The molecule has 4 nitrogen and oxygen atoms in total. The van der Waals surface area contributed by atoms with Crippen molar-refractivity contribution in [3.8, 4) is 5.75 Å². The van der Waals surface area contributed by atoms with Gasteiger partial charge < -0.3 is 9.30 Å². The molecule has 2 aromatic heterocycles. The van der Waals surface area contributed by atoms with E-state index >= 15 is 0 Å². The van der Waals surface area contributed by atoms with E-state index in [1.54, 1.807) is 7.11 Å². The van der Waals surface area contributed by atoms with Crippen molar-refractivity contribution in [3.63, 3.8) is 0 Å². The maximum absolute atomic E-state index is 5.39. The van der Waals surface area contributed by atoms with Crippen molar-refractivity contribution in [1.29, 1.82) is 0 Å². The summed E-state index contributed by atoms with van der Waals surface area (Å²) >= 11 is 0. The number of hydrogen-bond acceptors (Lipinski definition) is 2. The Morgan fingerprint density at radius 1 is 1.15 bits per heavy atom. The molecule has 4 heteroatoms. The van der Waals surface area contributed by atoms with Crippen LogP contribution in [0.15, 0.2) is 42.7 Å². The fourth-order valence-electron chi connectivity index (χ4n) is 2.43. The Bertz CT molecular complexity index is 724. The van der Waals surface area contributed by atoms with Crippen molar-refractivity contribution < 1.29 is 4.74 Å². The largest absolute Gasteiger partial charge is 0.496 e. The van der Waals surface area contributed by atoms with Gasteiger partial charge in [-0.2, -0.15) is 5.10 Å². The number of nitrogens with zero attached hydrogens (tertiary/aromatic N) is 3. The molecular weight excluding hydrogens is 250 g/mol. The summed E-state index contributed by atoms with van der Waals surface area (Å²) in [5, 5.41) is 5.74. The highest BCUT2D eigenvalue weighted by atomic mass is 16.5. The van der Waals surface area contributed by atoms with Gasteiger partial charge in [-0.25, -0.2) is 0 Å². The maximum Gasteiger partial charge on any atom is 0.128 e. The van der Waals surface area contributed by atoms with Gasteiger partial charge in [0.1, 0.15) is 5.75 Å². The first-order chi connectivity index (χ1) is 9.69. The quantitative estimate of drug-likeness (QED) is 0.726. The number of rotatable bonds is 4. The highest BCUT2D eigenvalue weighted by molar-refractivity contribution is 5.86. The van der Waals surface area contributed by atoms with Gasteiger partial charge in [0.2, 0.25) is 0 Å². The van der Waals surface area contributed by atoms with Crippen molar-refractivity contribution in [3.05, 3.63) is 48.4 Å². The Balaban J connectivity index is 1.94. The van der Waals surface area contributed by atoms with E-state index in [4.69, 9.17) is 4.74 Å². The predicted molar refractivity (Wildman–Crippen MR) is 80.2 cm³/mol. The molecule has 0 saturated carbocycles. The molecule has 0 atom stereocenters. The van der Waals surface area contributed by atoms with Gasteiger partial charge in [-0.3, -0.25) is 4.68 Å². The average Bonchev–Trinajstić information content (AvgIpc) is 3.06. The van der Waals surface area contributed by atoms with Crippen molar-refractivity contribution >= 4 is 10.9 Å². The van der Waals surface area contributed by atoms with Crippen LogP contribution in [0.25, 0.3) is 10.9 Å². The van der Waals surface area contributed by atoms with Crippen LogP contribution in [0.2, 0.25) is 0 Å². The van der Waals surface area contributed by atoms with E-state index in [0.717, 1.165) is 23.4 Å². The van der Waals surface area contributed by atoms with Crippen molar-refractivity contribution in [1.82, 2.24) is 14.3 Å². The standard InChI is InChI=1S/C16H19N3O/c1-12(2)19-10-7-13(17-19)11-18-9-8-14-15(18)5-4-6-16(14)20-3/h4-10,12H,11H2,1-3H3. The van der Waals surface area contributed by atoms with Crippen molar-refractivity contribution in [2.45, 2.75) is 26.4 Å². The molecule has 104 valence electrons. The maximum atomic E-state index is 5.39. The molecule has 2 heterocycles. The number of methoxy groups -OCH3 is 1. The zero-order valence-electron chi connectivity index (χ0n) is 12.1. The van der Waals surface area contributed by atoms with Gasteiger partial charge in [0.25, 0.3) is 0 Å². The first-order valence-corrected chi connectivity index (χ1v) is 6.85. The van der Waals surface area contributed by atoms with Crippen molar-refractivity contribution in [2.75, 3.05) is 7.11 Å². The molecule has 0 amide bonds. The lowest BCUT2D eigenvalue weighted by Gasteiger charge is -2.06. The second-order valence-electron chi connectivity index (χ2n) is 5.22. The van der Waals surface area contributed by atoms with Crippen LogP contribution in [0.4, 0.5) is 0 Å². The van der Waals surface area contributed by atoms with E-state index in [0.29, 0.717) is 6.04 Å². The Hall–Kier alpha value is -2.23. The SMILES string of the molecule is COc1cccc2c1ccn2Cc1ccn(C(C)C)n1. The van der Waals surface area contributed by atoms with E-state index in [9.17, 15) is 0 Å². The topological polar surface area (TPSA) is 32.0 Å². The Labute approximate surface area is 118 Å². The summed E-state index contributed by atoms with van der Waals surface area (Å²) in [5.41, 5.74) is 2.24. The summed E-state index contributed by atoms with van der Waals surface area (Å²) in [4.78, 5) is 0. The monoisotopic (exact) mass is 269 g/mol. The summed E-state index contributed by atoms with van der Waals surface area (Å²) in [7, 11) is 1.70. The van der Waals surface area contributed by atoms with Gasteiger partial charge in [-0.05, 0) is 38.1 Å². The third-order valence-electron chi connectivity index (χ3n) is 3.52. The molecule has 3 aromatic rings. The molecule has 1 aromatic carbocycles. The zero-order valence-corrected chi connectivity index (χ0v) is 12.1. The van der Waals surface area contributed by atoms with Crippen LogP contribution in [-0.4, -0.2) is 21.5 Å². The molecule has 0 aliphatic heterocycles. The summed E-state index contributed by atoms with van der Waals surface area (Å²) in [6, 6.07) is 10.7. The highest BCUT2D eigenvalue weighted by Crippen LogP contribution is 2.26.